The van der Waals surface area contributed by atoms with Crippen LogP contribution in [0.5, 0.6) is 0 Å². The molecule has 1 atom stereocenters. The van der Waals surface area contributed by atoms with Crippen LogP contribution in [0.3, 0.4) is 0 Å². The standard InChI is InChI=1S/C14H20N4S/c1-18-5-4-11(10-18)7-15-8-12-9-16-17-14(12)13-3-2-6-19-13/h2-3,6,9,11,15H,4-5,7-8,10H2,1H3,(H,16,17). The molecule has 0 saturated carbocycles. The van der Waals surface area contributed by atoms with Crippen LogP contribution in [0.25, 0.3) is 10.6 Å². The molecule has 2 N–H and O–H groups in total. The molecule has 2 aromatic heterocycles. The molecule has 2 aromatic rings. The fraction of sp³-hybridized carbons (Fsp3) is 0.500. The number of thiophene rings is 1. The Morgan fingerprint density at radius 1 is 1.58 bits per heavy atom. The molecule has 5 heteroatoms. The summed E-state index contributed by atoms with van der Waals surface area (Å²) in [5.74, 6) is 0.794. The minimum absolute atomic E-state index is 0.794. The lowest BCUT2D eigenvalue weighted by molar-refractivity contribution is 0.388. The molecule has 0 aromatic carbocycles. The lowest BCUT2D eigenvalue weighted by Gasteiger charge is -2.11. The predicted octanol–water partition coefficient (Wildman–Crippen LogP) is 2.18. The number of aromatic amines is 1. The highest BCUT2D eigenvalue weighted by Gasteiger charge is 2.18. The Hall–Kier alpha value is -1.17. The molecule has 0 bridgehead atoms. The van der Waals surface area contributed by atoms with Crippen molar-refractivity contribution in [3.63, 3.8) is 0 Å². The van der Waals surface area contributed by atoms with Gasteiger partial charge >= 0.3 is 0 Å². The van der Waals surface area contributed by atoms with Crippen molar-refractivity contribution in [2.45, 2.75) is 13.0 Å². The Labute approximate surface area is 117 Å². The summed E-state index contributed by atoms with van der Waals surface area (Å²) in [5.41, 5.74) is 2.42. The molecule has 3 rings (SSSR count). The van der Waals surface area contributed by atoms with E-state index in [4.69, 9.17) is 0 Å². The summed E-state index contributed by atoms with van der Waals surface area (Å²) >= 11 is 1.75. The minimum Gasteiger partial charge on any atom is -0.312 e. The average Bonchev–Trinajstić information content (AvgIpc) is 3.09. The van der Waals surface area contributed by atoms with Crippen molar-refractivity contribution in [3.05, 3.63) is 29.3 Å². The predicted molar refractivity (Wildman–Crippen MR) is 79.2 cm³/mol. The third kappa shape index (κ3) is 3.05. The third-order valence-electron chi connectivity index (χ3n) is 3.72. The molecule has 0 aliphatic carbocycles. The van der Waals surface area contributed by atoms with Gasteiger partial charge in [0.2, 0.25) is 0 Å². The highest BCUT2D eigenvalue weighted by Crippen LogP contribution is 2.25. The summed E-state index contributed by atoms with van der Waals surface area (Å²) < 4.78 is 0. The SMILES string of the molecule is CN1CCC(CNCc2cn[nH]c2-c2cccs2)C1. The van der Waals surface area contributed by atoms with Gasteiger partial charge in [0.25, 0.3) is 0 Å². The first-order valence-corrected chi connectivity index (χ1v) is 7.66. The Balaban J connectivity index is 1.55. The quantitative estimate of drug-likeness (QED) is 0.880. The van der Waals surface area contributed by atoms with Crippen molar-refractivity contribution in [3.8, 4) is 10.6 Å². The maximum Gasteiger partial charge on any atom is 0.0794 e. The van der Waals surface area contributed by atoms with E-state index in [2.05, 4.69) is 45.0 Å². The van der Waals surface area contributed by atoms with E-state index in [9.17, 15) is 0 Å². The monoisotopic (exact) mass is 276 g/mol. The Morgan fingerprint density at radius 3 is 3.26 bits per heavy atom. The van der Waals surface area contributed by atoms with Gasteiger partial charge in [0.1, 0.15) is 0 Å². The molecule has 102 valence electrons. The van der Waals surface area contributed by atoms with Gasteiger partial charge in [-0.3, -0.25) is 5.10 Å². The molecule has 4 nitrogen and oxygen atoms in total. The molecule has 19 heavy (non-hydrogen) atoms. The van der Waals surface area contributed by atoms with Gasteiger partial charge in [0, 0.05) is 18.7 Å². The zero-order valence-electron chi connectivity index (χ0n) is 11.2. The van der Waals surface area contributed by atoms with Crippen LogP contribution in [0.2, 0.25) is 0 Å². The maximum atomic E-state index is 4.17. The lowest BCUT2D eigenvalue weighted by atomic mass is 10.1. The molecule has 3 heterocycles. The van der Waals surface area contributed by atoms with Crippen molar-refractivity contribution >= 4 is 11.3 Å². The second-order valence-corrected chi connectivity index (χ2v) is 6.24. The van der Waals surface area contributed by atoms with Crippen molar-refractivity contribution in [1.82, 2.24) is 20.4 Å². The van der Waals surface area contributed by atoms with Crippen LogP contribution >= 0.6 is 11.3 Å². The Kier molecular flexibility index (Phi) is 3.96. The van der Waals surface area contributed by atoms with Gasteiger partial charge in [-0.2, -0.15) is 5.10 Å². The lowest BCUT2D eigenvalue weighted by Crippen LogP contribution is -2.24. The summed E-state index contributed by atoms with van der Waals surface area (Å²) in [5, 5.41) is 12.9. The van der Waals surface area contributed by atoms with E-state index in [1.165, 1.54) is 30.0 Å². The van der Waals surface area contributed by atoms with Crippen LogP contribution in [0.4, 0.5) is 0 Å². The molecule has 1 aliphatic heterocycles. The highest BCUT2D eigenvalue weighted by molar-refractivity contribution is 7.13. The van der Waals surface area contributed by atoms with E-state index in [0.717, 1.165) is 24.7 Å². The summed E-state index contributed by atoms with van der Waals surface area (Å²) in [4.78, 5) is 3.66. The molecular weight excluding hydrogens is 256 g/mol. The van der Waals surface area contributed by atoms with Crippen LogP contribution in [0, 0.1) is 5.92 Å². The van der Waals surface area contributed by atoms with Crippen LogP contribution < -0.4 is 5.32 Å². The molecule has 1 aliphatic rings. The number of nitrogens with zero attached hydrogens (tertiary/aromatic N) is 2. The molecule has 1 unspecified atom stereocenters. The zero-order chi connectivity index (χ0) is 13.1. The van der Waals surface area contributed by atoms with Crippen molar-refractivity contribution in [2.75, 3.05) is 26.7 Å². The summed E-state index contributed by atoms with van der Waals surface area (Å²) in [6, 6.07) is 4.21. The molecule has 0 spiro atoms. The molecule has 1 saturated heterocycles. The molecular formula is C14H20N4S. The van der Waals surface area contributed by atoms with Crippen molar-refractivity contribution in [1.29, 1.82) is 0 Å². The van der Waals surface area contributed by atoms with E-state index >= 15 is 0 Å². The largest absolute Gasteiger partial charge is 0.312 e. The Morgan fingerprint density at radius 2 is 2.53 bits per heavy atom. The smallest absolute Gasteiger partial charge is 0.0794 e. The molecule has 0 amide bonds. The van der Waals surface area contributed by atoms with Crippen molar-refractivity contribution < 1.29 is 0 Å². The van der Waals surface area contributed by atoms with Gasteiger partial charge < -0.3 is 10.2 Å². The number of aromatic nitrogens is 2. The number of nitrogens with one attached hydrogen (secondary N) is 2. The van der Waals surface area contributed by atoms with E-state index in [-0.39, 0.29) is 0 Å². The van der Waals surface area contributed by atoms with E-state index in [0.29, 0.717) is 0 Å². The number of H-pyrrole nitrogens is 1. The van der Waals surface area contributed by atoms with Gasteiger partial charge in [-0.25, -0.2) is 0 Å². The minimum atomic E-state index is 0.794. The van der Waals surface area contributed by atoms with Crippen LogP contribution in [0.15, 0.2) is 23.7 Å². The van der Waals surface area contributed by atoms with Crippen molar-refractivity contribution in [2.24, 2.45) is 5.92 Å². The van der Waals surface area contributed by atoms with Gasteiger partial charge in [-0.05, 0) is 43.9 Å². The zero-order valence-corrected chi connectivity index (χ0v) is 12.0. The fourth-order valence-corrected chi connectivity index (χ4v) is 3.44. The number of rotatable bonds is 5. The second-order valence-electron chi connectivity index (χ2n) is 5.30. The number of hydrogen-bond donors (Lipinski definition) is 2. The summed E-state index contributed by atoms with van der Waals surface area (Å²) in [6.07, 6.45) is 3.25. The molecule has 0 radical (unpaired) electrons. The van der Waals surface area contributed by atoms with E-state index in [1.807, 2.05) is 6.20 Å². The summed E-state index contributed by atoms with van der Waals surface area (Å²) in [7, 11) is 2.20. The topological polar surface area (TPSA) is 44.0 Å². The Bertz CT molecular complexity index is 505. The third-order valence-corrected chi connectivity index (χ3v) is 4.61. The average molecular weight is 276 g/mol. The molecule has 1 fully saturated rings. The van der Waals surface area contributed by atoms with Gasteiger partial charge in [0.15, 0.2) is 0 Å². The van der Waals surface area contributed by atoms with Gasteiger partial charge in [0.05, 0.1) is 16.8 Å². The highest BCUT2D eigenvalue weighted by atomic mass is 32.1. The first kappa shape index (κ1) is 12.8. The van der Waals surface area contributed by atoms with Gasteiger partial charge in [-0.15, -0.1) is 11.3 Å². The maximum absolute atomic E-state index is 4.17. The van der Waals surface area contributed by atoms with Crippen LogP contribution in [0.1, 0.15) is 12.0 Å². The number of hydrogen-bond acceptors (Lipinski definition) is 4. The van der Waals surface area contributed by atoms with Gasteiger partial charge in [-0.1, -0.05) is 6.07 Å². The van der Waals surface area contributed by atoms with E-state index in [1.54, 1.807) is 11.3 Å². The normalized spacial score (nSPS) is 20.2. The van der Waals surface area contributed by atoms with E-state index < -0.39 is 0 Å². The summed E-state index contributed by atoms with van der Waals surface area (Å²) in [6.45, 7) is 4.44. The van der Waals surface area contributed by atoms with Crippen LogP contribution in [-0.2, 0) is 6.54 Å². The first-order chi connectivity index (χ1) is 9.33. The second kappa shape index (κ2) is 5.86. The first-order valence-electron chi connectivity index (χ1n) is 6.78. The fourth-order valence-electron chi connectivity index (χ4n) is 2.68. The number of likely N-dealkylation sites (tertiary alicyclic amines) is 1. The van der Waals surface area contributed by atoms with Crippen LogP contribution in [-0.4, -0.2) is 41.8 Å².